The fraction of sp³-hybridized carbons (Fsp3) is 0.200. The van der Waals surface area contributed by atoms with E-state index in [4.69, 9.17) is 0 Å². The lowest BCUT2D eigenvalue weighted by atomic mass is 10.2. The Morgan fingerprint density at radius 2 is 1.90 bits per heavy atom. The highest BCUT2D eigenvalue weighted by Gasteiger charge is 2.14. The number of hydrogen-bond donors (Lipinski definition) is 1. The minimum atomic E-state index is -3.64. The van der Waals surface area contributed by atoms with Gasteiger partial charge in [-0.25, -0.2) is 17.5 Å². The number of sulfonamides is 1. The van der Waals surface area contributed by atoms with Crippen molar-refractivity contribution < 1.29 is 12.8 Å². The molecule has 0 heterocycles. The Morgan fingerprint density at radius 1 is 1.14 bits per heavy atom. The molecule has 0 aliphatic heterocycles. The summed E-state index contributed by atoms with van der Waals surface area (Å²) in [6, 6.07) is 12.9. The SMILES string of the molecule is CSCc1cccc(S(=O)(=O)NCc2ccccc2F)c1. The molecule has 3 nitrogen and oxygen atoms in total. The molecule has 0 amide bonds. The summed E-state index contributed by atoms with van der Waals surface area (Å²) in [5, 5.41) is 0. The van der Waals surface area contributed by atoms with Gasteiger partial charge in [0, 0.05) is 17.9 Å². The van der Waals surface area contributed by atoms with Crippen molar-refractivity contribution in [3.05, 3.63) is 65.5 Å². The molecule has 2 aromatic rings. The molecule has 0 aliphatic carbocycles. The van der Waals surface area contributed by atoms with Crippen LogP contribution in [0.1, 0.15) is 11.1 Å². The zero-order valence-electron chi connectivity index (χ0n) is 11.5. The predicted octanol–water partition coefficient (Wildman–Crippen LogP) is 3.17. The van der Waals surface area contributed by atoms with E-state index in [1.807, 2.05) is 12.3 Å². The van der Waals surface area contributed by atoms with Gasteiger partial charge < -0.3 is 0 Å². The van der Waals surface area contributed by atoms with Crippen molar-refractivity contribution in [2.45, 2.75) is 17.2 Å². The van der Waals surface area contributed by atoms with Gasteiger partial charge in [-0.3, -0.25) is 0 Å². The molecule has 112 valence electrons. The van der Waals surface area contributed by atoms with Gasteiger partial charge in [-0.15, -0.1) is 0 Å². The molecule has 0 radical (unpaired) electrons. The Morgan fingerprint density at radius 3 is 2.62 bits per heavy atom. The van der Waals surface area contributed by atoms with E-state index in [9.17, 15) is 12.8 Å². The third-order valence-electron chi connectivity index (χ3n) is 2.93. The highest BCUT2D eigenvalue weighted by atomic mass is 32.2. The summed E-state index contributed by atoms with van der Waals surface area (Å²) in [6.07, 6.45) is 1.96. The molecule has 0 aromatic heterocycles. The van der Waals surface area contributed by atoms with Crippen molar-refractivity contribution in [3.8, 4) is 0 Å². The Balaban J connectivity index is 2.15. The second kappa shape index (κ2) is 7.06. The van der Waals surface area contributed by atoms with Gasteiger partial charge in [-0.05, 0) is 30.0 Å². The summed E-state index contributed by atoms with van der Waals surface area (Å²) in [5.41, 5.74) is 1.26. The van der Waals surface area contributed by atoms with Gasteiger partial charge in [0.1, 0.15) is 5.82 Å². The highest BCUT2D eigenvalue weighted by molar-refractivity contribution is 7.97. The van der Waals surface area contributed by atoms with Crippen molar-refractivity contribution in [1.29, 1.82) is 0 Å². The summed E-state index contributed by atoms with van der Waals surface area (Å²) in [7, 11) is -3.64. The van der Waals surface area contributed by atoms with E-state index >= 15 is 0 Å². The lowest BCUT2D eigenvalue weighted by molar-refractivity contribution is 0.574. The summed E-state index contributed by atoms with van der Waals surface area (Å²) < 4.78 is 40.4. The normalized spacial score (nSPS) is 11.5. The van der Waals surface area contributed by atoms with E-state index in [1.54, 1.807) is 42.1 Å². The van der Waals surface area contributed by atoms with Crippen LogP contribution in [0.2, 0.25) is 0 Å². The number of benzene rings is 2. The van der Waals surface area contributed by atoms with Crippen LogP contribution in [0.5, 0.6) is 0 Å². The smallest absolute Gasteiger partial charge is 0.207 e. The molecule has 0 bridgehead atoms. The van der Waals surface area contributed by atoms with Crippen LogP contribution < -0.4 is 4.72 Å². The lowest BCUT2D eigenvalue weighted by Crippen LogP contribution is -2.23. The number of rotatable bonds is 6. The first kappa shape index (κ1) is 16.0. The molecule has 21 heavy (non-hydrogen) atoms. The van der Waals surface area contributed by atoms with Crippen molar-refractivity contribution >= 4 is 21.8 Å². The second-order valence-corrected chi connectivity index (χ2v) is 7.13. The van der Waals surface area contributed by atoms with Gasteiger partial charge in [0.15, 0.2) is 0 Å². The standard InChI is InChI=1S/C15H16FNO2S2/c1-20-11-12-5-4-7-14(9-12)21(18,19)17-10-13-6-2-3-8-15(13)16/h2-9,17H,10-11H2,1H3. The third kappa shape index (κ3) is 4.30. The lowest BCUT2D eigenvalue weighted by Gasteiger charge is -2.09. The summed E-state index contributed by atoms with van der Waals surface area (Å²) in [6.45, 7) is -0.0677. The zero-order chi connectivity index (χ0) is 15.3. The molecule has 0 atom stereocenters. The van der Waals surface area contributed by atoms with Crippen LogP contribution in [0.4, 0.5) is 4.39 Å². The Hall–Kier alpha value is -1.37. The first-order valence-electron chi connectivity index (χ1n) is 6.34. The van der Waals surface area contributed by atoms with Crippen LogP contribution in [0, 0.1) is 5.82 Å². The van der Waals surface area contributed by atoms with Gasteiger partial charge in [0.05, 0.1) is 4.90 Å². The highest BCUT2D eigenvalue weighted by Crippen LogP contribution is 2.16. The van der Waals surface area contributed by atoms with Crippen molar-refractivity contribution in [3.63, 3.8) is 0 Å². The molecule has 0 fully saturated rings. The first-order chi connectivity index (χ1) is 10.0. The topological polar surface area (TPSA) is 46.2 Å². The molecular weight excluding hydrogens is 309 g/mol. The fourth-order valence-corrected chi connectivity index (χ4v) is 3.46. The maximum absolute atomic E-state index is 13.5. The molecule has 2 rings (SSSR count). The van der Waals surface area contributed by atoms with Gasteiger partial charge in [0.25, 0.3) is 0 Å². The van der Waals surface area contributed by atoms with E-state index in [1.165, 1.54) is 12.1 Å². The summed E-state index contributed by atoms with van der Waals surface area (Å²) in [4.78, 5) is 0.199. The third-order valence-corrected chi connectivity index (χ3v) is 4.95. The minimum absolute atomic E-state index is 0.0677. The van der Waals surface area contributed by atoms with Crippen LogP contribution in [0.15, 0.2) is 53.4 Å². The number of nitrogens with one attached hydrogen (secondary N) is 1. The van der Waals surface area contributed by atoms with Gasteiger partial charge in [-0.1, -0.05) is 30.3 Å². The monoisotopic (exact) mass is 325 g/mol. The Labute approximate surface area is 128 Å². The van der Waals surface area contributed by atoms with E-state index < -0.39 is 15.8 Å². The average molecular weight is 325 g/mol. The van der Waals surface area contributed by atoms with Crippen LogP contribution in [0.25, 0.3) is 0 Å². The molecule has 0 unspecified atom stereocenters. The zero-order valence-corrected chi connectivity index (χ0v) is 13.2. The maximum Gasteiger partial charge on any atom is 0.240 e. The van der Waals surface area contributed by atoms with Crippen molar-refractivity contribution in [1.82, 2.24) is 4.72 Å². The van der Waals surface area contributed by atoms with E-state index in [2.05, 4.69) is 4.72 Å². The van der Waals surface area contributed by atoms with Gasteiger partial charge in [-0.2, -0.15) is 11.8 Å². The average Bonchev–Trinajstić information content (AvgIpc) is 2.47. The molecule has 0 saturated carbocycles. The number of hydrogen-bond acceptors (Lipinski definition) is 3. The van der Waals surface area contributed by atoms with Crippen molar-refractivity contribution in [2.75, 3.05) is 6.26 Å². The van der Waals surface area contributed by atoms with Crippen LogP contribution in [-0.4, -0.2) is 14.7 Å². The second-order valence-electron chi connectivity index (χ2n) is 4.50. The van der Waals surface area contributed by atoms with Crippen molar-refractivity contribution in [2.24, 2.45) is 0 Å². The molecule has 0 aliphatic rings. The first-order valence-corrected chi connectivity index (χ1v) is 9.21. The fourth-order valence-electron chi connectivity index (χ4n) is 1.87. The minimum Gasteiger partial charge on any atom is -0.207 e. The Bertz CT molecular complexity index is 717. The van der Waals surface area contributed by atoms with Gasteiger partial charge in [0.2, 0.25) is 10.0 Å². The van der Waals surface area contributed by atoms with E-state index in [-0.39, 0.29) is 11.4 Å². The largest absolute Gasteiger partial charge is 0.240 e. The van der Waals surface area contributed by atoms with Crippen LogP contribution in [-0.2, 0) is 22.3 Å². The number of halogens is 1. The molecule has 0 saturated heterocycles. The molecule has 1 N–H and O–H groups in total. The molecule has 0 spiro atoms. The summed E-state index contributed by atoms with van der Waals surface area (Å²) in [5.74, 6) is 0.327. The maximum atomic E-state index is 13.5. The molecule has 2 aromatic carbocycles. The van der Waals surface area contributed by atoms with Crippen LogP contribution >= 0.6 is 11.8 Å². The van der Waals surface area contributed by atoms with Crippen LogP contribution in [0.3, 0.4) is 0 Å². The number of thioether (sulfide) groups is 1. The van der Waals surface area contributed by atoms with Gasteiger partial charge >= 0.3 is 0 Å². The summed E-state index contributed by atoms with van der Waals surface area (Å²) >= 11 is 1.62. The Kier molecular flexibility index (Phi) is 5.39. The molecular formula is C15H16FNO2S2. The molecule has 6 heteroatoms. The van der Waals surface area contributed by atoms with E-state index in [0.717, 1.165) is 11.3 Å². The van der Waals surface area contributed by atoms with E-state index in [0.29, 0.717) is 5.56 Å². The quantitative estimate of drug-likeness (QED) is 0.887. The predicted molar refractivity (Wildman–Crippen MR) is 84.1 cm³/mol.